The van der Waals surface area contributed by atoms with Gasteiger partial charge in [0.2, 0.25) is 0 Å². The molecule has 0 aliphatic carbocycles. The van der Waals surface area contributed by atoms with Crippen LogP contribution in [0.15, 0.2) is 0 Å². The van der Waals surface area contributed by atoms with Gasteiger partial charge in [0.05, 0.1) is 11.0 Å². The van der Waals surface area contributed by atoms with Gasteiger partial charge in [-0.05, 0) is 51.1 Å². The van der Waals surface area contributed by atoms with Crippen molar-refractivity contribution in [2.75, 3.05) is 18.8 Å². The molecule has 0 heterocycles. The maximum absolute atomic E-state index is 11.8. The highest BCUT2D eigenvalue weighted by Gasteiger charge is 2.20. The van der Waals surface area contributed by atoms with Gasteiger partial charge < -0.3 is 5.32 Å². The minimum absolute atomic E-state index is 0.256. The lowest BCUT2D eigenvalue weighted by molar-refractivity contribution is 0.345. The van der Waals surface area contributed by atoms with Crippen molar-refractivity contribution in [3.63, 3.8) is 0 Å². The Morgan fingerprint density at radius 2 is 1.50 bits per heavy atom. The first-order valence-electron chi connectivity index (χ1n) is 7.09. The van der Waals surface area contributed by atoms with Crippen molar-refractivity contribution in [2.24, 2.45) is 17.8 Å². The summed E-state index contributed by atoms with van der Waals surface area (Å²) in [4.78, 5) is 0. The van der Waals surface area contributed by atoms with Gasteiger partial charge in [-0.3, -0.25) is 0 Å². The van der Waals surface area contributed by atoms with Crippen molar-refractivity contribution in [3.8, 4) is 0 Å². The smallest absolute Gasteiger partial charge is 0.152 e. The van der Waals surface area contributed by atoms with E-state index in [4.69, 9.17) is 0 Å². The SMILES string of the molecule is CC(C)CNCC(CCS(=O)(=O)C(C)C)C(C)C. The summed E-state index contributed by atoms with van der Waals surface area (Å²) in [7, 11) is -2.90. The number of hydrogen-bond donors (Lipinski definition) is 1. The number of hydrogen-bond acceptors (Lipinski definition) is 3. The van der Waals surface area contributed by atoms with Gasteiger partial charge in [0.15, 0.2) is 9.84 Å². The molecule has 0 amide bonds. The number of nitrogens with one attached hydrogen (secondary N) is 1. The van der Waals surface area contributed by atoms with Crippen molar-refractivity contribution in [1.29, 1.82) is 0 Å². The van der Waals surface area contributed by atoms with Gasteiger partial charge in [-0.25, -0.2) is 8.42 Å². The fourth-order valence-corrected chi connectivity index (χ4v) is 2.88. The number of sulfone groups is 1. The molecule has 0 aliphatic heterocycles. The van der Waals surface area contributed by atoms with Crippen molar-refractivity contribution in [2.45, 2.75) is 53.2 Å². The quantitative estimate of drug-likeness (QED) is 0.705. The van der Waals surface area contributed by atoms with Crippen LogP contribution in [-0.4, -0.2) is 32.5 Å². The van der Waals surface area contributed by atoms with Crippen molar-refractivity contribution in [1.82, 2.24) is 5.32 Å². The molecule has 0 bridgehead atoms. The Morgan fingerprint density at radius 1 is 0.944 bits per heavy atom. The fraction of sp³-hybridized carbons (Fsp3) is 1.00. The van der Waals surface area contributed by atoms with Gasteiger partial charge in [-0.15, -0.1) is 0 Å². The zero-order valence-corrected chi connectivity index (χ0v) is 13.7. The summed E-state index contributed by atoms with van der Waals surface area (Å²) in [5.41, 5.74) is 0. The molecule has 0 spiro atoms. The Bertz CT molecular complexity index is 308. The summed E-state index contributed by atoms with van der Waals surface area (Å²) in [6, 6.07) is 0. The Kier molecular flexibility index (Phi) is 8.11. The average Bonchev–Trinajstić information content (AvgIpc) is 2.21. The monoisotopic (exact) mass is 277 g/mol. The molecule has 0 saturated carbocycles. The minimum Gasteiger partial charge on any atom is -0.316 e. The third-order valence-electron chi connectivity index (χ3n) is 3.39. The fourth-order valence-electron chi connectivity index (χ4n) is 1.78. The summed E-state index contributed by atoms with van der Waals surface area (Å²) < 4.78 is 23.6. The predicted octanol–water partition coefficient (Wildman–Crippen LogP) is 2.72. The highest BCUT2D eigenvalue weighted by Crippen LogP contribution is 2.17. The van der Waals surface area contributed by atoms with E-state index in [2.05, 4.69) is 33.0 Å². The van der Waals surface area contributed by atoms with Gasteiger partial charge in [-0.1, -0.05) is 27.7 Å². The molecular formula is C14H31NO2S. The molecule has 1 unspecified atom stereocenters. The Hall–Kier alpha value is -0.0900. The molecule has 0 aromatic carbocycles. The highest BCUT2D eigenvalue weighted by molar-refractivity contribution is 7.91. The molecule has 0 aliphatic rings. The standard InChI is InChI=1S/C14H31NO2S/c1-11(2)9-15-10-14(12(3)4)7-8-18(16,17)13(5)6/h11-15H,7-10H2,1-6H3. The molecule has 1 N–H and O–H groups in total. The summed E-state index contributed by atoms with van der Waals surface area (Å²) in [5, 5.41) is 3.18. The normalized spacial score (nSPS) is 14.7. The van der Waals surface area contributed by atoms with E-state index in [1.807, 2.05) is 0 Å². The summed E-state index contributed by atoms with van der Waals surface area (Å²) in [6.07, 6.45) is 0.767. The van der Waals surface area contributed by atoms with Gasteiger partial charge >= 0.3 is 0 Å². The first kappa shape index (κ1) is 17.9. The third kappa shape index (κ3) is 7.37. The van der Waals surface area contributed by atoms with Crippen LogP contribution in [0.25, 0.3) is 0 Å². The Morgan fingerprint density at radius 3 is 1.89 bits per heavy atom. The summed E-state index contributed by atoms with van der Waals surface area (Å²) in [5.74, 6) is 1.91. The molecular weight excluding hydrogens is 246 g/mol. The van der Waals surface area contributed by atoms with E-state index in [1.165, 1.54) is 0 Å². The van der Waals surface area contributed by atoms with Crippen LogP contribution in [0.3, 0.4) is 0 Å². The molecule has 18 heavy (non-hydrogen) atoms. The second kappa shape index (κ2) is 8.16. The third-order valence-corrected chi connectivity index (χ3v) is 5.63. The second-order valence-corrected chi connectivity index (χ2v) is 8.94. The summed E-state index contributed by atoms with van der Waals surface area (Å²) >= 11 is 0. The first-order valence-corrected chi connectivity index (χ1v) is 8.80. The van der Waals surface area contributed by atoms with Crippen LogP contribution in [0.1, 0.15) is 48.0 Å². The largest absolute Gasteiger partial charge is 0.316 e. The molecule has 1 atom stereocenters. The van der Waals surface area contributed by atoms with Crippen LogP contribution in [0.2, 0.25) is 0 Å². The van der Waals surface area contributed by atoms with Gasteiger partial charge in [0, 0.05) is 0 Å². The van der Waals surface area contributed by atoms with Gasteiger partial charge in [0.25, 0.3) is 0 Å². The predicted molar refractivity (Wildman–Crippen MR) is 79.6 cm³/mol. The van der Waals surface area contributed by atoms with Crippen LogP contribution in [0, 0.1) is 17.8 Å². The topological polar surface area (TPSA) is 46.2 Å². The first-order chi connectivity index (χ1) is 8.16. The summed E-state index contributed by atoms with van der Waals surface area (Å²) in [6.45, 7) is 14.1. The highest BCUT2D eigenvalue weighted by atomic mass is 32.2. The molecule has 110 valence electrons. The van der Waals surface area contributed by atoms with Crippen molar-refractivity contribution < 1.29 is 8.42 Å². The minimum atomic E-state index is -2.90. The molecule has 3 nitrogen and oxygen atoms in total. The zero-order chi connectivity index (χ0) is 14.3. The van der Waals surface area contributed by atoms with Crippen LogP contribution in [-0.2, 0) is 9.84 Å². The molecule has 0 radical (unpaired) electrons. The maximum Gasteiger partial charge on any atom is 0.152 e. The lowest BCUT2D eigenvalue weighted by Crippen LogP contribution is -2.31. The molecule has 4 heteroatoms. The second-order valence-electron chi connectivity index (χ2n) is 6.26. The molecule has 0 rings (SSSR count). The van der Waals surface area contributed by atoms with E-state index in [0.717, 1.165) is 19.5 Å². The van der Waals surface area contributed by atoms with E-state index < -0.39 is 9.84 Å². The van der Waals surface area contributed by atoms with E-state index in [9.17, 15) is 8.42 Å². The molecule has 0 aromatic heterocycles. The lowest BCUT2D eigenvalue weighted by Gasteiger charge is -2.22. The van der Waals surface area contributed by atoms with E-state index >= 15 is 0 Å². The molecule has 0 fully saturated rings. The van der Waals surface area contributed by atoms with Gasteiger partial charge in [0.1, 0.15) is 0 Å². The van der Waals surface area contributed by atoms with Crippen molar-refractivity contribution in [3.05, 3.63) is 0 Å². The van der Waals surface area contributed by atoms with E-state index in [-0.39, 0.29) is 5.25 Å². The van der Waals surface area contributed by atoms with Gasteiger partial charge in [-0.2, -0.15) is 0 Å². The lowest BCUT2D eigenvalue weighted by atomic mass is 9.93. The molecule has 0 aromatic rings. The Labute approximate surface area is 114 Å². The van der Waals surface area contributed by atoms with Crippen molar-refractivity contribution >= 4 is 9.84 Å². The van der Waals surface area contributed by atoms with Crippen LogP contribution >= 0.6 is 0 Å². The Balaban J connectivity index is 4.21. The van der Waals surface area contributed by atoms with Crippen LogP contribution < -0.4 is 5.32 Å². The zero-order valence-electron chi connectivity index (χ0n) is 12.9. The average molecular weight is 277 g/mol. The maximum atomic E-state index is 11.8. The van der Waals surface area contributed by atoms with E-state index in [0.29, 0.717) is 23.5 Å². The molecule has 0 saturated heterocycles. The van der Waals surface area contributed by atoms with E-state index in [1.54, 1.807) is 13.8 Å². The van der Waals surface area contributed by atoms with Crippen LogP contribution in [0.4, 0.5) is 0 Å². The number of rotatable bonds is 9. The van der Waals surface area contributed by atoms with Crippen LogP contribution in [0.5, 0.6) is 0 Å².